The molecular weight excluding hydrogens is 243 g/mol. The summed E-state index contributed by atoms with van der Waals surface area (Å²) in [6.45, 7) is 1.63. The lowest BCUT2D eigenvalue weighted by Crippen LogP contribution is -2.18. The summed E-state index contributed by atoms with van der Waals surface area (Å²) in [6, 6.07) is 2.08. The van der Waals surface area contributed by atoms with E-state index in [2.05, 4.69) is 4.74 Å². The van der Waals surface area contributed by atoms with Gasteiger partial charge in [0, 0.05) is 6.07 Å². The first kappa shape index (κ1) is 14.0. The van der Waals surface area contributed by atoms with Gasteiger partial charge in [-0.05, 0) is 13.0 Å². The Morgan fingerprint density at radius 3 is 2.28 bits per heavy atom. The number of hydrogen-bond donors (Lipinski definition) is 0. The van der Waals surface area contributed by atoms with Gasteiger partial charge in [0.2, 0.25) is 0 Å². The molecule has 1 rings (SSSR count). The Hall–Kier alpha value is -2.11. The van der Waals surface area contributed by atoms with Crippen LogP contribution in [0, 0.1) is 5.82 Å². The maximum Gasteiger partial charge on any atom is 0.379 e. The lowest BCUT2D eigenvalue weighted by molar-refractivity contribution is -0.137. The minimum Gasteiger partial charge on any atom is -0.496 e. The van der Waals surface area contributed by atoms with Gasteiger partial charge in [0.1, 0.15) is 5.75 Å². The van der Waals surface area contributed by atoms with Crippen molar-refractivity contribution in [2.45, 2.75) is 6.92 Å². The molecule has 0 saturated carbocycles. The van der Waals surface area contributed by atoms with Crippen molar-refractivity contribution in [2.24, 2.45) is 0 Å². The van der Waals surface area contributed by atoms with E-state index in [1.165, 1.54) is 20.3 Å². The monoisotopic (exact) mass is 256 g/mol. The Bertz CT molecular complexity index is 470. The molecule has 6 heteroatoms. The van der Waals surface area contributed by atoms with Gasteiger partial charge in [0.05, 0.1) is 26.4 Å². The van der Waals surface area contributed by atoms with Gasteiger partial charge >= 0.3 is 5.97 Å². The molecule has 1 aromatic rings. The zero-order valence-electron chi connectivity index (χ0n) is 10.3. The van der Waals surface area contributed by atoms with Crippen LogP contribution in [0.25, 0.3) is 0 Å². The number of ether oxygens (including phenoxy) is 3. The third-order valence-electron chi connectivity index (χ3n) is 2.18. The van der Waals surface area contributed by atoms with Crippen LogP contribution in [-0.4, -0.2) is 32.6 Å². The molecule has 98 valence electrons. The fourth-order valence-electron chi connectivity index (χ4n) is 1.34. The number of ketones is 1. The lowest BCUT2D eigenvalue weighted by Gasteiger charge is -2.10. The molecule has 5 nitrogen and oxygen atoms in total. The van der Waals surface area contributed by atoms with E-state index in [-0.39, 0.29) is 23.7 Å². The van der Waals surface area contributed by atoms with Crippen molar-refractivity contribution >= 4 is 11.8 Å². The molecule has 1 aromatic carbocycles. The number of esters is 1. The summed E-state index contributed by atoms with van der Waals surface area (Å²) < 4.78 is 27.7. The minimum absolute atomic E-state index is 0.0475. The minimum atomic E-state index is -1.06. The zero-order valence-corrected chi connectivity index (χ0v) is 10.3. The second-order valence-electron chi connectivity index (χ2n) is 3.24. The topological polar surface area (TPSA) is 61.8 Å². The second-order valence-corrected chi connectivity index (χ2v) is 3.24. The number of Topliss-reactive ketones (excluding diaryl/α,β-unsaturated/α-hetero) is 1. The van der Waals surface area contributed by atoms with Gasteiger partial charge < -0.3 is 14.2 Å². The zero-order chi connectivity index (χ0) is 13.7. The molecule has 0 aliphatic carbocycles. The van der Waals surface area contributed by atoms with E-state index in [0.29, 0.717) is 0 Å². The lowest BCUT2D eigenvalue weighted by atomic mass is 10.1. The van der Waals surface area contributed by atoms with Gasteiger partial charge in [-0.2, -0.15) is 0 Å². The number of benzene rings is 1. The molecule has 0 bridgehead atoms. The molecule has 0 aliphatic heterocycles. The van der Waals surface area contributed by atoms with E-state index in [9.17, 15) is 14.0 Å². The fourth-order valence-corrected chi connectivity index (χ4v) is 1.34. The van der Waals surface area contributed by atoms with Gasteiger partial charge in [-0.3, -0.25) is 4.79 Å². The van der Waals surface area contributed by atoms with Crippen molar-refractivity contribution in [1.82, 2.24) is 0 Å². The van der Waals surface area contributed by atoms with Gasteiger partial charge in [0.25, 0.3) is 5.78 Å². The highest BCUT2D eigenvalue weighted by Crippen LogP contribution is 2.28. The van der Waals surface area contributed by atoms with Gasteiger partial charge in [0.15, 0.2) is 11.6 Å². The first-order valence-electron chi connectivity index (χ1n) is 5.18. The van der Waals surface area contributed by atoms with Crippen LogP contribution >= 0.6 is 0 Å². The Kier molecular flexibility index (Phi) is 4.65. The molecule has 0 aliphatic rings. The van der Waals surface area contributed by atoms with Crippen LogP contribution < -0.4 is 9.47 Å². The maximum atomic E-state index is 13.5. The molecule has 0 fully saturated rings. The Morgan fingerprint density at radius 1 is 1.17 bits per heavy atom. The van der Waals surface area contributed by atoms with Crippen molar-refractivity contribution in [2.75, 3.05) is 20.8 Å². The quantitative estimate of drug-likeness (QED) is 0.455. The predicted octanol–water partition coefficient (Wildman–Crippen LogP) is 1.59. The van der Waals surface area contributed by atoms with Crippen molar-refractivity contribution in [3.05, 3.63) is 23.5 Å². The Balaban J connectivity index is 3.19. The summed E-state index contributed by atoms with van der Waals surface area (Å²) in [4.78, 5) is 23.0. The molecular formula is C12H13FO5. The van der Waals surface area contributed by atoms with Crippen molar-refractivity contribution in [1.29, 1.82) is 0 Å². The number of methoxy groups -OCH3 is 2. The van der Waals surface area contributed by atoms with Gasteiger partial charge in [-0.15, -0.1) is 0 Å². The van der Waals surface area contributed by atoms with Crippen molar-refractivity contribution < 1.29 is 28.2 Å². The largest absolute Gasteiger partial charge is 0.496 e. The average molecular weight is 256 g/mol. The summed E-state index contributed by atoms with van der Waals surface area (Å²) >= 11 is 0. The van der Waals surface area contributed by atoms with Crippen molar-refractivity contribution in [3.63, 3.8) is 0 Å². The Morgan fingerprint density at radius 2 is 1.78 bits per heavy atom. The van der Waals surface area contributed by atoms with E-state index >= 15 is 0 Å². The summed E-state index contributed by atoms with van der Waals surface area (Å²) in [7, 11) is 2.58. The third kappa shape index (κ3) is 2.77. The summed E-state index contributed by atoms with van der Waals surface area (Å²) in [5, 5.41) is 0. The molecule has 0 amide bonds. The smallest absolute Gasteiger partial charge is 0.379 e. The van der Waals surface area contributed by atoms with Crippen molar-refractivity contribution in [3.8, 4) is 11.5 Å². The van der Waals surface area contributed by atoms with Crippen LogP contribution in [0.3, 0.4) is 0 Å². The van der Waals surface area contributed by atoms with E-state index < -0.39 is 17.6 Å². The fraction of sp³-hybridized carbons (Fsp3) is 0.333. The summed E-state index contributed by atoms with van der Waals surface area (Å²) in [6.07, 6.45) is 0. The van der Waals surface area contributed by atoms with Crippen LogP contribution in [0.5, 0.6) is 11.5 Å². The standard InChI is InChI=1S/C12H13FO5/c1-4-18-12(15)11(14)7-5-8(13)10(17-3)6-9(7)16-2/h5-6H,4H2,1-3H3. The molecule has 0 heterocycles. The second kappa shape index (κ2) is 6.00. The van der Waals surface area contributed by atoms with E-state index in [4.69, 9.17) is 9.47 Å². The Labute approximate surface area is 103 Å². The number of halogens is 1. The van der Waals surface area contributed by atoms with Gasteiger partial charge in [-0.1, -0.05) is 0 Å². The normalized spacial score (nSPS) is 9.78. The molecule has 0 atom stereocenters. The average Bonchev–Trinajstić information content (AvgIpc) is 2.37. The van der Waals surface area contributed by atoms with Crippen LogP contribution in [0.15, 0.2) is 12.1 Å². The molecule has 0 radical (unpaired) electrons. The summed E-state index contributed by atoms with van der Waals surface area (Å²) in [5.41, 5.74) is -0.200. The third-order valence-corrected chi connectivity index (χ3v) is 2.18. The van der Waals surface area contributed by atoms with Crippen LogP contribution in [-0.2, 0) is 9.53 Å². The highest BCUT2D eigenvalue weighted by molar-refractivity contribution is 6.41. The van der Waals surface area contributed by atoms with Crippen LogP contribution in [0.1, 0.15) is 17.3 Å². The first-order valence-corrected chi connectivity index (χ1v) is 5.18. The van der Waals surface area contributed by atoms with E-state index in [1.54, 1.807) is 6.92 Å². The molecule has 0 unspecified atom stereocenters. The highest BCUT2D eigenvalue weighted by Gasteiger charge is 2.24. The predicted molar refractivity (Wildman–Crippen MR) is 60.5 cm³/mol. The first-order chi connectivity index (χ1) is 8.54. The molecule has 0 N–H and O–H groups in total. The maximum absolute atomic E-state index is 13.5. The van der Waals surface area contributed by atoms with Gasteiger partial charge in [-0.25, -0.2) is 9.18 Å². The SMILES string of the molecule is CCOC(=O)C(=O)c1cc(F)c(OC)cc1OC. The van der Waals surface area contributed by atoms with Crippen LogP contribution in [0.2, 0.25) is 0 Å². The number of rotatable bonds is 5. The number of hydrogen-bond acceptors (Lipinski definition) is 5. The molecule has 18 heavy (non-hydrogen) atoms. The highest BCUT2D eigenvalue weighted by atomic mass is 19.1. The molecule has 0 spiro atoms. The van der Waals surface area contributed by atoms with E-state index in [1.807, 2.05) is 0 Å². The molecule has 0 aromatic heterocycles. The number of carbonyl (C=O) groups is 2. The number of carbonyl (C=O) groups excluding carboxylic acids is 2. The molecule has 0 saturated heterocycles. The van der Waals surface area contributed by atoms with E-state index in [0.717, 1.165) is 6.07 Å². The summed E-state index contributed by atoms with van der Waals surface area (Å²) in [5.74, 6) is -2.81. The van der Waals surface area contributed by atoms with Crippen LogP contribution in [0.4, 0.5) is 4.39 Å².